The van der Waals surface area contributed by atoms with Crippen molar-refractivity contribution in [3.8, 4) is 5.75 Å². The molecule has 0 bridgehead atoms. The van der Waals surface area contributed by atoms with Crippen molar-refractivity contribution in [2.75, 3.05) is 0 Å². The van der Waals surface area contributed by atoms with Crippen LogP contribution in [0.5, 0.6) is 5.75 Å². The van der Waals surface area contributed by atoms with E-state index in [0.29, 0.717) is 12.2 Å². The molecule has 158 valence electrons. The third kappa shape index (κ3) is 5.29. The van der Waals surface area contributed by atoms with Gasteiger partial charge in [-0.15, -0.1) is 0 Å². The second-order valence-electron chi connectivity index (χ2n) is 8.80. The molecule has 1 aromatic heterocycles. The Balaban J connectivity index is 1.62. The molecule has 1 heterocycles. The fourth-order valence-electron chi connectivity index (χ4n) is 3.42. The Morgan fingerprint density at radius 2 is 1.87 bits per heavy atom. The van der Waals surface area contributed by atoms with Crippen LogP contribution in [0.15, 0.2) is 54.7 Å². The van der Waals surface area contributed by atoms with Gasteiger partial charge in [0.15, 0.2) is 0 Å². The lowest BCUT2D eigenvalue weighted by Crippen LogP contribution is -2.27. The predicted octanol–water partition coefficient (Wildman–Crippen LogP) is 5.10. The second-order valence-corrected chi connectivity index (χ2v) is 8.80. The molecule has 1 unspecified atom stereocenters. The van der Waals surface area contributed by atoms with Crippen molar-refractivity contribution in [1.29, 1.82) is 0 Å². The zero-order valence-corrected chi connectivity index (χ0v) is 18.7. The largest absolute Gasteiger partial charge is 0.489 e. The minimum absolute atomic E-state index is 0.109. The van der Waals surface area contributed by atoms with Gasteiger partial charge in [-0.05, 0) is 54.7 Å². The van der Waals surface area contributed by atoms with Gasteiger partial charge in [-0.2, -0.15) is 5.10 Å². The first-order valence-electron chi connectivity index (χ1n) is 10.3. The average molecular weight is 406 g/mol. The second kappa shape index (κ2) is 8.74. The molecule has 0 aliphatic rings. The number of nitrogens with one attached hydrogen (secondary N) is 1. The van der Waals surface area contributed by atoms with Crippen LogP contribution >= 0.6 is 0 Å². The Morgan fingerprint density at radius 3 is 2.47 bits per heavy atom. The summed E-state index contributed by atoms with van der Waals surface area (Å²) in [4.78, 5) is 12.7. The van der Waals surface area contributed by atoms with Crippen LogP contribution in [0.1, 0.15) is 66.5 Å². The molecule has 5 nitrogen and oxygen atoms in total. The molecular weight excluding hydrogens is 374 g/mol. The van der Waals surface area contributed by atoms with Gasteiger partial charge in [-0.1, -0.05) is 45.0 Å². The number of carbonyl (C=O) groups excluding carboxylic acids is 1. The molecule has 3 rings (SSSR count). The van der Waals surface area contributed by atoms with Gasteiger partial charge >= 0.3 is 0 Å². The third-order valence-corrected chi connectivity index (χ3v) is 5.18. The Kier molecular flexibility index (Phi) is 6.30. The van der Waals surface area contributed by atoms with Gasteiger partial charge in [-0.3, -0.25) is 9.48 Å². The van der Waals surface area contributed by atoms with Gasteiger partial charge in [0, 0.05) is 24.4 Å². The molecule has 0 saturated heterocycles. The summed E-state index contributed by atoms with van der Waals surface area (Å²) in [6.45, 7) is 10.9. The minimum Gasteiger partial charge on any atom is -0.489 e. The van der Waals surface area contributed by atoms with Crippen molar-refractivity contribution in [3.63, 3.8) is 0 Å². The fourth-order valence-corrected chi connectivity index (χ4v) is 3.42. The number of hydrogen-bond acceptors (Lipinski definition) is 3. The highest BCUT2D eigenvalue weighted by Crippen LogP contribution is 2.24. The normalized spacial score (nSPS) is 12.5. The highest BCUT2D eigenvalue weighted by atomic mass is 16.5. The maximum atomic E-state index is 12.7. The number of ether oxygens (including phenoxy) is 1. The highest BCUT2D eigenvalue weighted by molar-refractivity contribution is 5.94. The lowest BCUT2D eigenvalue weighted by molar-refractivity contribution is 0.0939. The predicted molar refractivity (Wildman–Crippen MR) is 120 cm³/mol. The van der Waals surface area contributed by atoms with Crippen molar-refractivity contribution in [3.05, 3.63) is 82.7 Å². The fraction of sp³-hybridized carbons (Fsp3) is 0.360. The van der Waals surface area contributed by atoms with E-state index in [-0.39, 0.29) is 17.4 Å². The van der Waals surface area contributed by atoms with E-state index in [1.165, 1.54) is 5.56 Å². The van der Waals surface area contributed by atoms with Gasteiger partial charge in [0.05, 0.1) is 11.7 Å². The summed E-state index contributed by atoms with van der Waals surface area (Å²) in [6, 6.07) is 15.6. The van der Waals surface area contributed by atoms with Crippen LogP contribution in [0.3, 0.4) is 0 Å². The molecule has 0 aliphatic heterocycles. The van der Waals surface area contributed by atoms with Crippen molar-refractivity contribution in [2.45, 2.75) is 52.7 Å². The Bertz CT molecular complexity index is 1010. The Hall–Kier alpha value is -3.08. The van der Waals surface area contributed by atoms with Crippen molar-refractivity contribution < 1.29 is 9.53 Å². The number of nitrogens with zero attached hydrogens (tertiary/aromatic N) is 2. The molecule has 0 radical (unpaired) electrons. The van der Waals surface area contributed by atoms with Crippen LogP contribution in [0.25, 0.3) is 0 Å². The third-order valence-electron chi connectivity index (χ3n) is 5.18. The summed E-state index contributed by atoms with van der Waals surface area (Å²) in [6.07, 6.45) is 1.94. The Morgan fingerprint density at radius 1 is 1.17 bits per heavy atom. The van der Waals surface area contributed by atoms with E-state index in [1.54, 1.807) is 4.68 Å². The van der Waals surface area contributed by atoms with Crippen LogP contribution in [0.4, 0.5) is 0 Å². The van der Waals surface area contributed by atoms with Gasteiger partial charge in [0.2, 0.25) is 0 Å². The number of rotatable bonds is 6. The molecule has 0 spiro atoms. The summed E-state index contributed by atoms with van der Waals surface area (Å²) in [5, 5.41) is 7.40. The molecular formula is C25H31N3O2. The molecule has 2 aromatic carbocycles. The van der Waals surface area contributed by atoms with Crippen molar-refractivity contribution in [1.82, 2.24) is 15.1 Å². The maximum Gasteiger partial charge on any atom is 0.251 e. The smallest absolute Gasteiger partial charge is 0.251 e. The quantitative estimate of drug-likeness (QED) is 0.621. The van der Waals surface area contributed by atoms with E-state index in [4.69, 9.17) is 4.74 Å². The molecule has 0 saturated carbocycles. The van der Waals surface area contributed by atoms with Gasteiger partial charge < -0.3 is 10.1 Å². The molecule has 1 amide bonds. The molecule has 3 aromatic rings. The SMILES string of the molecule is Cc1nn(C)cc1C(C)NC(=O)c1cccc(COc2ccc(C(C)(C)C)cc2)c1. The lowest BCUT2D eigenvalue weighted by atomic mass is 9.87. The van der Waals surface area contributed by atoms with Gasteiger partial charge in [0.25, 0.3) is 5.91 Å². The Labute approximate surface area is 179 Å². The first-order chi connectivity index (χ1) is 14.1. The summed E-state index contributed by atoms with van der Waals surface area (Å²) in [5.41, 5.74) is 4.90. The summed E-state index contributed by atoms with van der Waals surface area (Å²) in [5.74, 6) is 0.709. The van der Waals surface area contributed by atoms with Crippen LogP contribution in [-0.2, 0) is 19.1 Å². The molecule has 30 heavy (non-hydrogen) atoms. The van der Waals surface area contributed by atoms with E-state index >= 15 is 0 Å². The number of hydrogen-bond donors (Lipinski definition) is 1. The number of benzene rings is 2. The molecule has 0 fully saturated rings. The summed E-state index contributed by atoms with van der Waals surface area (Å²) in [7, 11) is 1.88. The van der Waals surface area contributed by atoms with E-state index in [0.717, 1.165) is 22.6 Å². The molecule has 0 aliphatic carbocycles. The maximum absolute atomic E-state index is 12.7. The van der Waals surface area contributed by atoms with Gasteiger partial charge in [0.1, 0.15) is 12.4 Å². The molecule has 5 heteroatoms. The summed E-state index contributed by atoms with van der Waals surface area (Å²) >= 11 is 0. The van der Waals surface area contributed by atoms with E-state index in [1.807, 2.05) is 63.5 Å². The van der Waals surface area contributed by atoms with Crippen LogP contribution in [0.2, 0.25) is 0 Å². The monoisotopic (exact) mass is 405 g/mol. The van der Waals surface area contributed by atoms with E-state index in [2.05, 4.69) is 43.3 Å². The number of aryl methyl sites for hydroxylation is 2. The van der Waals surface area contributed by atoms with Crippen molar-refractivity contribution >= 4 is 5.91 Å². The zero-order valence-electron chi connectivity index (χ0n) is 18.7. The highest BCUT2D eigenvalue weighted by Gasteiger charge is 2.16. The molecule has 1 N–H and O–H groups in total. The standard InChI is InChI=1S/C25H31N3O2/c1-17(23-15-28(6)27-18(23)2)26-24(29)20-9-7-8-19(14-20)16-30-22-12-10-21(11-13-22)25(3,4)5/h7-15,17H,16H2,1-6H3,(H,26,29). The summed E-state index contributed by atoms with van der Waals surface area (Å²) < 4.78 is 7.68. The van der Waals surface area contributed by atoms with Crippen molar-refractivity contribution in [2.24, 2.45) is 7.05 Å². The van der Waals surface area contributed by atoms with E-state index in [9.17, 15) is 4.79 Å². The number of carbonyl (C=O) groups is 1. The van der Waals surface area contributed by atoms with Crippen LogP contribution < -0.4 is 10.1 Å². The number of aromatic nitrogens is 2. The first kappa shape index (κ1) is 21.6. The average Bonchev–Trinajstić information content (AvgIpc) is 3.04. The topological polar surface area (TPSA) is 56.2 Å². The van der Waals surface area contributed by atoms with Crippen LogP contribution in [-0.4, -0.2) is 15.7 Å². The first-order valence-corrected chi connectivity index (χ1v) is 10.3. The van der Waals surface area contributed by atoms with E-state index < -0.39 is 0 Å². The molecule has 1 atom stereocenters. The minimum atomic E-state index is -0.118. The number of amides is 1. The lowest BCUT2D eigenvalue weighted by Gasteiger charge is -2.19. The zero-order chi connectivity index (χ0) is 21.9. The van der Waals surface area contributed by atoms with Gasteiger partial charge in [-0.25, -0.2) is 0 Å². The van der Waals surface area contributed by atoms with Crippen LogP contribution in [0, 0.1) is 6.92 Å².